The quantitative estimate of drug-likeness (QED) is 0.912. The van der Waals surface area contributed by atoms with Crippen LogP contribution in [0.15, 0.2) is 24.5 Å². The van der Waals surface area contributed by atoms with Crippen LogP contribution in [0.25, 0.3) is 11.0 Å². The van der Waals surface area contributed by atoms with Crippen LogP contribution in [0, 0.1) is 23.2 Å². The number of carboxylic acid groups (broad SMARTS) is 1. The number of fused-ring (bicyclic) bond motifs is 1. The smallest absolute Gasteiger partial charge is 0.308 e. The van der Waals surface area contributed by atoms with Gasteiger partial charge in [-0.2, -0.15) is 5.26 Å². The van der Waals surface area contributed by atoms with Crippen LogP contribution in [0.5, 0.6) is 0 Å². The van der Waals surface area contributed by atoms with Crippen molar-refractivity contribution < 1.29 is 9.90 Å². The fraction of sp³-hybridized carbons (Fsp3) is 0.375. The van der Waals surface area contributed by atoms with E-state index in [1.807, 2.05) is 11.0 Å². The lowest BCUT2D eigenvalue weighted by Gasteiger charge is -2.36. The Morgan fingerprint density at radius 2 is 2.05 bits per heavy atom. The van der Waals surface area contributed by atoms with Crippen molar-refractivity contribution in [2.45, 2.75) is 13.3 Å². The molecule has 0 bridgehead atoms. The lowest BCUT2D eigenvalue weighted by Crippen LogP contribution is -2.42. The third-order valence-corrected chi connectivity index (χ3v) is 4.07. The third-order valence-electron chi connectivity index (χ3n) is 4.07. The number of aliphatic carboxylic acids is 1. The highest BCUT2D eigenvalue weighted by atomic mass is 16.4. The van der Waals surface area contributed by atoms with Gasteiger partial charge in [-0.05, 0) is 24.5 Å². The lowest BCUT2D eigenvalue weighted by atomic mass is 9.90. The van der Waals surface area contributed by atoms with Gasteiger partial charge in [-0.1, -0.05) is 6.92 Å². The van der Waals surface area contributed by atoms with Gasteiger partial charge in [-0.3, -0.25) is 14.8 Å². The molecule has 6 nitrogen and oxygen atoms in total. The monoisotopic (exact) mass is 296 g/mol. The Labute approximate surface area is 128 Å². The number of piperidine rings is 1. The van der Waals surface area contributed by atoms with E-state index in [-0.39, 0.29) is 11.8 Å². The van der Waals surface area contributed by atoms with E-state index in [1.54, 1.807) is 18.5 Å². The Kier molecular flexibility index (Phi) is 3.63. The summed E-state index contributed by atoms with van der Waals surface area (Å²) in [7, 11) is 0. The standard InChI is InChI=1S/C16H16N4O2/c1-10-6-12(16(21)22)9-20(8-10)13-3-2-11(7-17)14-15(13)19-5-4-18-14/h2-5,10,12H,6,8-9H2,1H3,(H,21,22). The van der Waals surface area contributed by atoms with E-state index in [4.69, 9.17) is 0 Å². The van der Waals surface area contributed by atoms with Crippen LogP contribution in [0.4, 0.5) is 5.69 Å². The number of anilines is 1. The maximum Gasteiger partial charge on any atom is 0.308 e. The SMILES string of the molecule is CC1CC(C(=O)O)CN(c2ccc(C#N)c3nccnc23)C1. The number of benzene rings is 1. The van der Waals surface area contributed by atoms with Crippen LogP contribution in [0.1, 0.15) is 18.9 Å². The average molecular weight is 296 g/mol. The zero-order valence-corrected chi connectivity index (χ0v) is 12.2. The maximum absolute atomic E-state index is 11.3. The molecule has 2 heterocycles. The molecule has 1 aromatic heterocycles. The molecule has 1 saturated heterocycles. The molecule has 0 saturated carbocycles. The molecule has 1 aromatic carbocycles. The number of rotatable bonds is 2. The van der Waals surface area contributed by atoms with Gasteiger partial charge < -0.3 is 10.0 Å². The van der Waals surface area contributed by atoms with Gasteiger partial charge in [0, 0.05) is 25.5 Å². The minimum Gasteiger partial charge on any atom is -0.481 e. The Morgan fingerprint density at radius 1 is 1.32 bits per heavy atom. The summed E-state index contributed by atoms with van der Waals surface area (Å²) in [5, 5.41) is 18.5. The first-order valence-electron chi connectivity index (χ1n) is 7.21. The predicted molar refractivity (Wildman–Crippen MR) is 81.4 cm³/mol. The largest absolute Gasteiger partial charge is 0.481 e. The number of carbonyl (C=O) groups is 1. The topological polar surface area (TPSA) is 90.1 Å². The number of nitrogens with zero attached hydrogens (tertiary/aromatic N) is 4. The minimum absolute atomic E-state index is 0.289. The van der Waals surface area contributed by atoms with Crippen molar-refractivity contribution >= 4 is 22.7 Å². The zero-order valence-electron chi connectivity index (χ0n) is 12.2. The van der Waals surface area contributed by atoms with Crippen molar-refractivity contribution in [2.75, 3.05) is 18.0 Å². The van der Waals surface area contributed by atoms with E-state index in [0.29, 0.717) is 29.6 Å². The van der Waals surface area contributed by atoms with E-state index < -0.39 is 5.97 Å². The van der Waals surface area contributed by atoms with Gasteiger partial charge in [0.05, 0.1) is 17.2 Å². The zero-order chi connectivity index (χ0) is 15.7. The number of hydrogen-bond acceptors (Lipinski definition) is 5. The molecule has 112 valence electrons. The number of hydrogen-bond donors (Lipinski definition) is 1. The minimum atomic E-state index is -0.763. The summed E-state index contributed by atoms with van der Waals surface area (Å²) >= 11 is 0. The van der Waals surface area contributed by atoms with E-state index in [0.717, 1.165) is 12.2 Å². The summed E-state index contributed by atoms with van der Waals surface area (Å²) in [6.45, 7) is 3.29. The summed E-state index contributed by atoms with van der Waals surface area (Å²) < 4.78 is 0. The van der Waals surface area contributed by atoms with Crippen molar-refractivity contribution in [2.24, 2.45) is 11.8 Å². The van der Waals surface area contributed by atoms with Gasteiger partial charge in [0.2, 0.25) is 0 Å². The molecule has 1 aliphatic heterocycles. The molecule has 3 rings (SSSR count). The molecule has 0 radical (unpaired) electrons. The molecule has 1 fully saturated rings. The van der Waals surface area contributed by atoms with Crippen LogP contribution in [-0.4, -0.2) is 34.1 Å². The van der Waals surface area contributed by atoms with Gasteiger partial charge in [0.15, 0.2) is 0 Å². The highest BCUT2D eigenvalue weighted by Crippen LogP contribution is 2.31. The van der Waals surface area contributed by atoms with Crippen molar-refractivity contribution in [3.63, 3.8) is 0 Å². The molecular weight excluding hydrogens is 280 g/mol. The summed E-state index contributed by atoms with van der Waals surface area (Å²) in [6, 6.07) is 5.68. The Balaban J connectivity index is 2.07. The molecule has 0 spiro atoms. The summed E-state index contributed by atoms with van der Waals surface area (Å²) in [5.41, 5.74) is 2.54. The first-order chi connectivity index (χ1) is 10.6. The molecule has 2 unspecified atom stereocenters. The molecular formula is C16H16N4O2. The van der Waals surface area contributed by atoms with Gasteiger partial charge in [-0.25, -0.2) is 0 Å². The van der Waals surface area contributed by atoms with E-state index >= 15 is 0 Å². The molecule has 1 aliphatic rings. The molecule has 0 amide bonds. The van der Waals surface area contributed by atoms with Crippen LogP contribution >= 0.6 is 0 Å². The second-order valence-corrected chi connectivity index (χ2v) is 5.78. The Morgan fingerprint density at radius 3 is 2.73 bits per heavy atom. The number of carboxylic acids is 1. The van der Waals surface area contributed by atoms with Gasteiger partial charge in [0.25, 0.3) is 0 Å². The second kappa shape index (κ2) is 5.60. The van der Waals surface area contributed by atoms with Crippen molar-refractivity contribution in [1.82, 2.24) is 9.97 Å². The van der Waals surface area contributed by atoms with Gasteiger partial charge in [-0.15, -0.1) is 0 Å². The van der Waals surface area contributed by atoms with Crippen LogP contribution in [0.3, 0.4) is 0 Å². The van der Waals surface area contributed by atoms with Crippen LogP contribution < -0.4 is 4.90 Å². The fourth-order valence-corrected chi connectivity index (χ4v) is 3.12. The van der Waals surface area contributed by atoms with E-state index in [1.165, 1.54) is 0 Å². The first kappa shape index (κ1) is 14.3. The summed E-state index contributed by atoms with van der Waals surface area (Å²) in [4.78, 5) is 22.0. The fourth-order valence-electron chi connectivity index (χ4n) is 3.12. The Bertz CT molecular complexity index is 768. The molecule has 22 heavy (non-hydrogen) atoms. The van der Waals surface area contributed by atoms with Crippen molar-refractivity contribution in [3.8, 4) is 6.07 Å². The van der Waals surface area contributed by atoms with Crippen molar-refractivity contribution in [1.29, 1.82) is 5.26 Å². The van der Waals surface area contributed by atoms with Gasteiger partial charge >= 0.3 is 5.97 Å². The Hall–Kier alpha value is -2.68. The highest BCUT2D eigenvalue weighted by Gasteiger charge is 2.30. The third kappa shape index (κ3) is 2.46. The average Bonchev–Trinajstić information content (AvgIpc) is 2.53. The van der Waals surface area contributed by atoms with Crippen LogP contribution in [-0.2, 0) is 4.79 Å². The molecule has 2 aromatic rings. The normalized spacial score (nSPS) is 21.5. The highest BCUT2D eigenvalue weighted by molar-refractivity contribution is 5.92. The predicted octanol–water partition coefficient (Wildman–Crippen LogP) is 2.05. The molecule has 2 atom stereocenters. The van der Waals surface area contributed by atoms with Gasteiger partial charge in [0.1, 0.15) is 17.1 Å². The van der Waals surface area contributed by atoms with E-state index in [2.05, 4.69) is 23.0 Å². The van der Waals surface area contributed by atoms with Crippen molar-refractivity contribution in [3.05, 3.63) is 30.1 Å². The maximum atomic E-state index is 11.3. The van der Waals surface area contributed by atoms with Crippen LogP contribution in [0.2, 0.25) is 0 Å². The number of aromatic nitrogens is 2. The first-order valence-corrected chi connectivity index (χ1v) is 7.21. The number of nitriles is 1. The molecule has 0 aliphatic carbocycles. The second-order valence-electron chi connectivity index (χ2n) is 5.78. The molecule has 1 N–H and O–H groups in total. The summed E-state index contributed by atoms with van der Waals surface area (Å²) in [6.07, 6.45) is 3.84. The summed E-state index contributed by atoms with van der Waals surface area (Å²) in [5.74, 6) is -0.857. The molecule has 6 heteroatoms. The lowest BCUT2D eigenvalue weighted by molar-refractivity contribution is -0.142. The van der Waals surface area contributed by atoms with E-state index in [9.17, 15) is 15.2 Å².